The number of hydrogen-bond donors (Lipinski definition) is 0. The summed E-state index contributed by atoms with van der Waals surface area (Å²) in [6.45, 7) is 3.64. The molecule has 0 heterocycles. The average molecular weight is 267 g/mol. The predicted octanol–water partition coefficient (Wildman–Crippen LogP) is 2.41. The number of nitriles is 1. The van der Waals surface area contributed by atoms with Crippen LogP contribution in [-0.2, 0) is 9.84 Å². The number of sulfone groups is 1. The zero-order valence-electron chi connectivity index (χ0n) is 10.8. The number of methoxy groups -OCH3 is 1. The van der Waals surface area contributed by atoms with Crippen LogP contribution in [0.5, 0.6) is 5.75 Å². The highest BCUT2D eigenvalue weighted by atomic mass is 32.2. The van der Waals surface area contributed by atoms with Crippen LogP contribution in [0.1, 0.15) is 20.3 Å². The highest BCUT2D eigenvalue weighted by Gasteiger charge is 2.31. The summed E-state index contributed by atoms with van der Waals surface area (Å²) in [5, 5.41) is 8.07. The third-order valence-corrected chi connectivity index (χ3v) is 5.14. The van der Waals surface area contributed by atoms with Gasteiger partial charge in [0.2, 0.25) is 0 Å². The second-order valence-electron chi connectivity index (χ2n) is 4.16. The van der Waals surface area contributed by atoms with E-state index in [0.29, 0.717) is 12.2 Å². The van der Waals surface area contributed by atoms with E-state index in [4.69, 9.17) is 10.00 Å². The summed E-state index contributed by atoms with van der Waals surface area (Å²) in [6, 6.07) is 8.12. The fourth-order valence-electron chi connectivity index (χ4n) is 1.64. The molecule has 0 aliphatic heterocycles. The summed E-state index contributed by atoms with van der Waals surface area (Å²) < 4.78 is 29.7. The van der Waals surface area contributed by atoms with Crippen molar-refractivity contribution in [3.05, 3.63) is 24.3 Å². The normalized spacial score (nSPS) is 14.6. The quantitative estimate of drug-likeness (QED) is 0.821. The van der Waals surface area contributed by atoms with Crippen LogP contribution >= 0.6 is 0 Å². The minimum atomic E-state index is -3.64. The first-order valence-corrected chi connectivity index (χ1v) is 7.29. The van der Waals surface area contributed by atoms with E-state index < -0.39 is 15.1 Å². The first-order valence-electron chi connectivity index (χ1n) is 5.75. The Hall–Kier alpha value is -1.54. The lowest BCUT2D eigenvalue weighted by molar-refractivity contribution is 0.413. The van der Waals surface area contributed by atoms with Gasteiger partial charge < -0.3 is 4.74 Å². The Morgan fingerprint density at radius 3 is 2.61 bits per heavy atom. The molecule has 5 heteroatoms. The van der Waals surface area contributed by atoms with Crippen molar-refractivity contribution in [3.63, 3.8) is 0 Å². The SMILES string of the molecule is CCC(C)C(C#N)S(=O)(=O)c1cccc(OC)c1. The monoisotopic (exact) mass is 267 g/mol. The van der Waals surface area contributed by atoms with Crippen LogP contribution in [0, 0.1) is 17.2 Å². The topological polar surface area (TPSA) is 67.2 Å². The molecule has 1 aromatic carbocycles. The molecule has 1 aromatic rings. The second-order valence-corrected chi connectivity index (χ2v) is 6.23. The van der Waals surface area contributed by atoms with Crippen molar-refractivity contribution in [2.45, 2.75) is 30.4 Å². The van der Waals surface area contributed by atoms with Crippen LogP contribution in [-0.4, -0.2) is 20.8 Å². The molecule has 1 rings (SSSR count). The average Bonchev–Trinajstić information content (AvgIpc) is 2.39. The number of rotatable bonds is 5. The predicted molar refractivity (Wildman–Crippen MR) is 69.0 cm³/mol. The van der Waals surface area contributed by atoms with Crippen LogP contribution in [0.3, 0.4) is 0 Å². The largest absolute Gasteiger partial charge is 0.497 e. The molecule has 0 aromatic heterocycles. The summed E-state index contributed by atoms with van der Waals surface area (Å²) in [7, 11) is -2.16. The minimum Gasteiger partial charge on any atom is -0.497 e. The molecular weight excluding hydrogens is 250 g/mol. The van der Waals surface area contributed by atoms with E-state index in [1.54, 1.807) is 19.1 Å². The Balaban J connectivity index is 3.24. The Bertz CT molecular complexity index is 546. The highest BCUT2D eigenvalue weighted by Crippen LogP contribution is 2.25. The van der Waals surface area contributed by atoms with E-state index in [1.165, 1.54) is 19.2 Å². The van der Waals surface area contributed by atoms with E-state index in [1.807, 2.05) is 13.0 Å². The highest BCUT2D eigenvalue weighted by molar-refractivity contribution is 7.92. The van der Waals surface area contributed by atoms with E-state index >= 15 is 0 Å². The number of nitrogens with zero attached hydrogens (tertiary/aromatic N) is 1. The zero-order valence-corrected chi connectivity index (χ0v) is 11.6. The molecule has 0 radical (unpaired) electrons. The summed E-state index contributed by atoms with van der Waals surface area (Å²) in [5.41, 5.74) is 0. The molecule has 18 heavy (non-hydrogen) atoms. The molecule has 0 saturated heterocycles. The van der Waals surface area contributed by atoms with Gasteiger partial charge >= 0.3 is 0 Å². The molecular formula is C13H17NO3S. The van der Waals surface area contributed by atoms with Gasteiger partial charge in [0.25, 0.3) is 0 Å². The van der Waals surface area contributed by atoms with E-state index in [2.05, 4.69) is 0 Å². The first-order chi connectivity index (χ1) is 8.47. The maximum Gasteiger partial charge on any atom is 0.194 e. The second kappa shape index (κ2) is 5.87. The van der Waals surface area contributed by atoms with Gasteiger partial charge in [0.15, 0.2) is 15.1 Å². The molecule has 0 bridgehead atoms. The molecule has 0 aliphatic carbocycles. The zero-order chi connectivity index (χ0) is 13.8. The van der Waals surface area contributed by atoms with Crippen molar-refractivity contribution < 1.29 is 13.2 Å². The van der Waals surface area contributed by atoms with E-state index in [-0.39, 0.29) is 10.8 Å². The van der Waals surface area contributed by atoms with Gasteiger partial charge in [0.05, 0.1) is 18.1 Å². The number of benzene rings is 1. The van der Waals surface area contributed by atoms with Crippen molar-refractivity contribution >= 4 is 9.84 Å². The van der Waals surface area contributed by atoms with Crippen molar-refractivity contribution in [1.29, 1.82) is 5.26 Å². The van der Waals surface area contributed by atoms with Crippen molar-refractivity contribution in [2.75, 3.05) is 7.11 Å². The standard InChI is InChI=1S/C13H17NO3S/c1-4-10(2)13(9-14)18(15,16)12-7-5-6-11(8-12)17-3/h5-8,10,13H,4H2,1-3H3. The van der Waals surface area contributed by atoms with Crippen LogP contribution < -0.4 is 4.74 Å². The summed E-state index contributed by atoms with van der Waals surface area (Å²) in [6.07, 6.45) is 0.640. The lowest BCUT2D eigenvalue weighted by Gasteiger charge is -2.16. The Kier molecular flexibility index (Phi) is 4.74. The van der Waals surface area contributed by atoms with E-state index in [0.717, 1.165) is 0 Å². The Morgan fingerprint density at radius 2 is 2.11 bits per heavy atom. The van der Waals surface area contributed by atoms with Gasteiger partial charge in [0.1, 0.15) is 5.75 Å². The molecule has 0 fully saturated rings. The molecule has 0 saturated carbocycles. The number of hydrogen-bond acceptors (Lipinski definition) is 4. The van der Waals surface area contributed by atoms with Crippen molar-refractivity contribution in [2.24, 2.45) is 5.92 Å². The van der Waals surface area contributed by atoms with E-state index in [9.17, 15) is 8.42 Å². The molecule has 2 atom stereocenters. The molecule has 98 valence electrons. The fourth-order valence-corrected chi connectivity index (χ4v) is 3.43. The molecule has 0 amide bonds. The lowest BCUT2D eigenvalue weighted by atomic mass is 10.1. The lowest BCUT2D eigenvalue weighted by Crippen LogP contribution is -2.26. The van der Waals surface area contributed by atoms with Crippen LogP contribution in [0.4, 0.5) is 0 Å². The van der Waals surface area contributed by atoms with Gasteiger partial charge in [0, 0.05) is 0 Å². The van der Waals surface area contributed by atoms with Crippen LogP contribution in [0.2, 0.25) is 0 Å². The first kappa shape index (κ1) is 14.5. The summed E-state index contributed by atoms with van der Waals surface area (Å²) in [5.74, 6) is 0.267. The van der Waals surface area contributed by atoms with Gasteiger partial charge in [-0.15, -0.1) is 0 Å². The third-order valence-electron chi connectivity index (χ3n) is 2.99. The number of ether oxygens (including phenoxy) is 1. The molecule has 0 spiro atoms. The molecule has 0 aliphatic rings. The minimum absolute atomic E-state index is 0.133. The third kappa shape index (κ3) is 2.82. The Morgan fingerprint density at radius 1 is 1.44 bits per heavy atom. The maximum atomic E-state index is 12.4. The van der Waals surface area contributed by atoms with Crippen LogP contribution in [0.15, 0.2) is 29.2 Å². The van der Waals surface area contributed by atoms with Gasteiger partial charge in [-0.3, -0.25) is 0 Å². The van der Waals surface area contributed by atoms with Crippen LogP contribution in [0.25, 0.3) is 0 Å². The van der Waals surface area contributed by atoms with Gasteiger partial charge in [-0.25, -0.2) is 8.42 Å². The smallest absolute Gasteiger partial charge is 0.194 e. The summed E-state index contributed by atoms with van der Waals surface area (Å²) >= 11 is 0. The molecule has 2 unspecified atom stereocenters. The summed E-state index contributed by atoms with van der Waals surface area (Å²) in [4.78, 5) is 0.133. The van der Waals surface area contributed by atoms with Crippen molar-refractivity contribution in [1.82, 2.24) is 0 Å². The molecule has 0 N–H and O–H groups in total. The maximum absolute atomic E-state index is 12.4. The van der Waals surface area contributed by atoms with Gasteiger partial charge in [-0.1, -0.05) is 26.3 Å². The van der Waals surface area contributed by atoms with Gasteiger partial charge in [-0.05, 0) is 24.1 Å². The Labute approximate surface area is 108 Å². The molecule has 4 nitrogen and oxygen atoms in total. The van der Waals surface area contributed by atoms with Crippen molar-refractivity contribution in [3.8, 4) is 11.8 Å². The van der Waals surface area contributed by atoms with Gasteiger partial charge in [-0.2, -0.15) is 5.26 Å². The fraction of sp³-hybridized carbons (Fsp3) is 0.462.